The van der Waals surface area contributed by atoms with E-state index in [-0.39, 0.29) is 18.3 Å². The fraction of sp³-hybridized carbons (Fsp3) is 0.698. The van der Waals surface area contributed by atoms with E-state index in [9.17, 15) is 4.79 Å². The Kier molecular flexibility index (Phi) is 26.5. The van der Waals surface area contributed by atoms with Crippen LogP contribution in [0.3, 0.4) is 0 Å². The van der Waals surface area contributed by atoms with Crippen LogP contribution in [0.15, 0.2) is 48.5 Å². The zero-order valence-corrected chi connectivity index (χ0v) is 34.5. The summed E-state index contributed by atoms with van der Waals surface area (Å²) in [6, 6.07) is 16.6. The molecule has 0 spiro atoms. The summed E-state index contributed by atoms with van der Waals surface area (Å²) >= 11 is 0. The third-order valence-electron chi connectivity index (χ3n) is 9.24. The van der Waals surface area contributed by atoms with Crippen LogP contribution in [0.5, 0.6) is 0 Å². The van der Waals surface area contributed by atoms with E-state index in [0.29, 0.717) is 152 Å². The predicted octanol–water partition coefficient (Wildman–Crippen LogP) is 4.58. The molecule has 1 unspecified atom stereocenters. The lowest BCUT2D eigenvalue weighted by Gasteiger charge is -2.22. The van der Waals surface area contributed by atoms with Gasteiger partial charge in [-0.25, -0.2) is 4.79 Å². The van der Waals surface area contributed by atoms with Crippen molar-refractivity contribution in [2.24, 2.45) is 0 Å². The van der Waals surface area contributed by atoms with Crippen molar-refractivity contribution in [3.05, 3.63) is 59.7 Å². The van der Waals surface area contributed by atoms with E-state index in [1.165, 1.54) is 27.2 Å². The lowest BCUT2D eigenvalue weighted by atomic mass is 9.98. The highest BCUT2D eigenvalue weighted by Crippen LogP contribution is 2.44. The highest BCUT2D eigenvalue weighted by molar-refractivity contribution is 5.79. The molecule has 0 aromatic heterocycles. The zero-order valence-electron chi connectivity index (χ0n) is 34.5. The van der Waals surface area contributed by atoms with Crippen LogP contribution in [0, 0.1) is 0 Å². The van der Waals surface area contributed by atoms with Crippen LogP contribution in [0.2, 0.25) is 0 Å². The number of hydrogen-bond acceptors (Lipinski definition) is 14. The summed E-state index contributed by atoms with van der Waals surface area (Å²) in [4.78, 5) is 14.2. The molecule has 1 aliphatic carbocycles. The summed E-state index contributed by atoms with van der Waals surface area (Å²) in [5, 5.41) is 0. The molecule has 1 heterocycles. The smallest absolute Gasteiger partial charge is 0.409 e. The van der Waals surface area contributed by atoms with Crippen LogP contribution in [0.4, 0.5) is 4.79 Å². The molecular weight excluding hydrogens is 754 g/mol. The Morgan fingerprint density at radius 3 is 1.31 bits per heavy atom. The molecule has 2 aromatic carbocycles. The average Bonchev–Trinajstić information content (AvgIpc) is 3.58. The van der Waals surface area contributed by atoms with Gasteiger partial charge in [0, 0.05) is 26.1 Å². The second kappa shape index (κ2) is 32.1. The molecular formula is C43H67NO14. The molecule has 58 heavy (non-hydrogen) atoms. The monoisotopic (exact) mass is 821 g/mol. The zero-order chi connectivity index (χ0) is 40.6. The summed E-state index contributed by atoms with van der Waals surface area (Å²) in [6.07, 6.45) is 2.81. The second-order valence-electron chi connectivity index (χ2n) is 13.5. The van der Waals surface area contributed by atoms with E-state index in [1.807, 2.05) is 24.3 Å². The fourth-order valence-corrected chi connectivity index (χ4v) is 6.16. The largest absolute Gasteiger partial charge is 0.448 e. The van der Waals surface area contributed by atoms with Crippen LogP contribution in [0.1, 0.15) is 36.3 Å². The van der Waals surface area contributed by atoms with Gasteiger partial charge in [-0.15, -0.1) is 0 Å². The van der Waals surface area contributed by atoms with Gasteiger partial charge in [-0.05, 0) is 41.5 Å². The number of benzene rings is 2. The van der Waals surface area contributed by atoms with Gasteiger partial charge in [0.25, 0.3) is 0 Å². The molecule has 0 N–H and O–H groups in total. The van der Waals surface area contributed by atoms with Crippen LogP contribution in [0.25, 0.3) is 11.1 Å². The topological polar surface area (TPSA) is 140 Å². The normalized spacial score (nSPS) is 15.1. The highest BCUT2D eigenvalue weighted by atomic mass is 16.7. The first-order valence-corrected chi connectivity index (χ1v) is 20.8. The molecule has 1 amide bonds. The maximum Gasteiger partial charge on any atom is 0.409 e. The van der Waals surface area contributed by atoms with Crippen molar-refractivity contribution in [2.75, 3.05) is 166 Å². The van der Waals surface area contributed by atoms with Gasteiger partial charge in [0.2, 0.25) is 0 Å². The Balaban J connectivity index is 0.788. The van der Waals surface area contributed by atoms with Gasteiger partial charge >= 0.3 is 6.09 Å². The number of rotatable bonds is 36. The van der Waals surface area contributed by atoms with E-state index in [2.05, 4.69) is 24.3 Å². The molecule has 328 valence electrons. The maximum atomic E-state index is 12.6. The average molecular weight is 822 g/mol. The first-order valence-electron chi connectivity index (χ1n) is 20.8. The molecule has 2 aliphatic rings. The first kappa shape index (κ1) is 47.9. The molecule has 0 bridgehead atoms. The predicted molar refractivity (Wildman–Crippen MR) is 215 cm³/mol. The minimum absolute atomic E-state index is 0.0377. The number of nitrogens with zero attached hydrogens (tertiary/aromatic N) is 1. The number of amides is 1. The summed E-state index contributed by atoms with van der Waals surface area (Å²) in [5.41, 5.74) is 4.80. The molecule has 4 rings (SSSR count). The Labute approximate surface area is 344 Å². The molecule has 1 fully saturated rings. The quantitative estimate of drug-likeness (QED) is 0.0887. The van der Waals surface area contributed by atoms with Crippen molar-refractivity contribution in [1.29, 1.82) is 0 Å². The van der Waals surface area contributed by atoms with Gasteiger partial charge in [-0.1, -0.05) is 48.5 Å². The number of fused-ring (bicyclic) bond motifs is 3. The van der Waals surface area contributed by atoms with Gasteiger partial charge in [0.05, 0.1) is 139 Å². The van der Waals surface area contributed by atoms with Crippen LogP contribution >= 0.6 is 0 Å². The van der Waals surface area contributed by atoms with Crippen molar-refractivity contribution < 1.29 is 66.4 Å². The first-order chi connectivity index (χ1) is 28.7. The Bertz CT molecular complexity index is 1270. The minimum Gasteiger partial charge on any atom is -0.448 e. The van der Waals surface area contributed by atoms with E-state index in [1.54, 1.807) is 7.05 Å². The van der Waals surface area contributed by atoms with Crippen molar-refractivity contribution >= 4 is 6.09 Å². The number of hydrogen-bond donors (Lipinski definition) is 0. The van der Waals surface area contributed by atoms with Crippen molar-refractivity contribution in [2.45, 2.75) is 31.5 Å². The van der Waals surface area contributed by atoms with Gasteiger partial charge in [-0.3, -0.25) is 0 Å². The lowest BCUT2D eigenvalue weighted by Crippen LogP contribution is -2.32. The number of likely N-dealkylation sites (N-methyl/N-ethyl adjacent to an activating group) is 1. The van der Waals surface area contributed by atoms with Gasteiger partial charge in [-0.2, -0.15) is 0 Å². The summed E-state index contributed by atoms with van der Waals surface area (Å²) in [7, 11) is 1.71. The highest BCUT2D eigenvalue weighted by Gasteiger charge is 2.29. The lowest BCUT2D eigenvalue weighted by molar-refractivity contribution is -0.169. The standard InChI is InChI=1S/C43H67NO14/c1-44(43(45)58-36-41-39-10-4-2-8-37(39)38-9-3-5-11-40(38)41)13-15-46-16-17-47-18-19-48-20-21-49-22-23-50-24-25-51-26-27-52-28-29-53-30-31-54-32-33-55-34-35-57-42-12-6-7-14-56-42/h2-5,8-11,41-42H,6-7,12-36H2,1H3. The van der Waals surface area contributed by atoms with Crippen molar-refractivity contribution in [3.63, 3.8) is 0 Å². The number of carbonyl (C=O) groups excluding carboxylic acids is 1. The van der Waals surface area contributed by atoms with Crippen molar-refractivity contribution in [1.82, 2.24) is 4.90 Å². The molecule has 1 saturated heterocycles. The fourth-order valence-electron chi connectivity index (χ4n) is 6.16. The molecule has 0 saturated carbocycles. The summed E-state index contributed by atoms with van der Waals surface area (Å²) < 4.78 is 72.1. The molecule has 15 nitrogen and oxygen atoms in total. The van der Waals surface area contributed by atoms with Crippen molar-refractivity contribution in [3.8, 4) is 11.1 Å². The molecule has 0 radical (unpaired) electrons. The number of ether oxygens (including phenoxy) is 13. The molecule has 1 aliphatic heterocycles. The van der Waals surface area contributed by atoms with E-state index in [0.717, 1.165) is 25.9 Å². The van der Waals surface area contributed by atoms with Crippen LogP contribution in [-0.4, -0.2) is 183 Å². The number of carbonyl (C=O) groups is 1. The van der Waals surface area contributed by atoms with Gasteiger partial charge < -0.3 is 66.5 Å². The van der Waals surface area contributed by atoms with E-state index >= 15 is 0 Å². The minimum atomic E-state index is -0.364. The molecule has 1 atom stereocenters. The third-order valence-corrected chi connectivity index (χ3v) is 9.24. The summed E-state index contributed by atoms with van der Waals surface area (Å²) in [5.74, 6) is 0.0377. The summed E-state index contributed by atoms with van der Waals surface area (Å²) in [6.45, 7) is 11.8. The van der Waals surface area contributed by atoms with E-state index in [4.69, 9.17) is 61.6 Å². The Morgan fingerprint density at radius 2 is 0.914 bits per heavy atom. The van der Waals surface area contributed by atoms with Crippen LogP contribution in [-0.2, 0) is 61.6 Å². The van der Waals surface area contributed by atoms with Gasteiger partial charge in [0.15, 0.2) is 6.29 Å². The van der Waals surface area contributed by atoms with Crippen LogP contribution < -0.4 is 0 Å². The van der Waals surface area contributed by atoms with Gasteiger partial charge in [0.1, 0.15) is 6.61 Å². The van der Waals surface area contributed by atoms with E-state index < -0.39 is 0 Å². The molecule has 2 aromatic rings. The Morgan fingerprint density at radius 1 is 0.534 bits per heavy atom. The molecule has 15 heteroatoms. The second-order valence-corrected chi connectivity index (χ2v) is 13.5. The maximum absolute atomic E-state index is 12.6. The Hall–Kier alpha value is -2.77. The SMILES string of the molecule is CN(CCOCCOCCOCCOCCOCCOCCOCCOCCOCCOCCOC1CCCCO1)C(=O)OCC1c2ccccc2-c2ccccc21. The third kappa shape index (κ3) is 20.5.